The minimum atomic E-state index is -4.78. The highest BCUT2D eigenvalue weighted by molar-refractivity contribution is 6.34. The summed E-state index contributed by atoms with van der Waals surface area (Å²) in [6.45, 7) is 4.07. The van der Waals surface area contributed by atoms with Gasteiger partial charge in [0.15, 0.2) is 0 Å². The zero-order chi connectivity index (χ0) is 25.4. The standard InChI is InChI=1S/C26H21Cl2F3N2O2/c1-3-33(21-7-5-4-6-8-21)24(34)22-10-9-17(11-16(22)2)23-15-25(35-32-23,26(29,30)31)18-12-19(27)14-20(28)13-18/h4-14H,3,15H2,1-2H3. The number of anilines is 1. The molecule has 1 amide bonds. The van der Waals surface area contributed by atoms with Crippen LogP contribution in [0.1, 0.15) is 40.4 Å². The number of oxime groups is 1. The predicted molar refractivity (Wildman–Crippen MR) is 131 cm³/mol. The highest BCUT2D eigenvalue weighted by Crippen LogP contribution is 2.49. The maximum atomic E-state index is 14.3. The first kappa shape index (κ1) is 25.1. The van der Waals surface area contributed by atoms with E-state index in [0.717, 1.165) is 5.69 Å². The fourth-order valence-corrected chi connectivity index (χ4v) is 4.65. The Hall–Kier alpha value is -3.03. The molecule has 1 heterocycles. The van der Waals surface area contributed by atoms with E-state index in [9.17, 15) is 18.0 Å². The van der Waals surface area contributed by atoms with Gasteiger partial charge in [0.25, 0.3) is 11.5 Å². The largest absolute Gasteiger partial charge is 0.435 e. The summed E-state index contributed by atoms with van der Waals surface area (Å²) in [4.78, 5) is 19.9. The van der Waals surface area contributed by atoms with Crippen molar-refractivity contribution >= 4 is 40.5 Å². The van der Waals surface area contributed by atoms with Gasteiger partial charge < -0.3 is 9.74 Å². The normalized spacial score (nSPS) is 17.6. The van der Waals surface area contributed by atoms with Crippen LogP contribution in [0.4, 0.5) is 18.9 Å². The maximum Gasteiger partial charge on any atom is 0.435 e. The van der Waals surface area contributed by atoms with Crippen molar-refractivity contribution in [2.75, 3.05) is 11.4 Å². The van der Waals surface area contributed by atoms with E-state index in [-0.39, 0.29) is 27.2 Å². The van der Waals surface area contributed by atoms with Gasteiger partial charge in [-0.25, -0.2) is 0 Å². The van der Waals surface area contributed by atoms with Crippen molar-refractivity contribution in [2.24, 2.45) is 5.16 Å². The molecule has 3 aromatic rings. The highest BCUT2D eigenvalue weighted by Gasteiger charge is 2.62. The van der Waals surface area contributed by atoms with E-state index in [1.807, 2.05) is 37.3 Å². The van der Waals surface area contributed by atoms with E-state index in [1.54, 1.807) is 30.0 Å². The number of carbonyl (C=O) groups is 1. The Balaban J connectivity index is 1.64. The first-order valence-corrected chi connectivity index (χ1v) is 11.6. The molecule has 1 aliphatic rings. The van der Waals surface area contributed by atoms with Crippen LogP contribution in [0.15, 0.2) is 71.9 Å². The zero-order valence-corrected chi connectivity index (χ0v) is 20.4. The fourth-order valence-electron chi connectivity index (χ4n) is 4.13. The molecule has 0 spiro atoms. The summed E-state index contributed by atoms with van der Waals surface area (Å²) in [5.41, 5.74) is -0.594. The second kappa shape index (κ2) is 9.55. The van der Waals surface area contributed by atoms with Crippen molar-refractivity contribution in [3.05, 3.63) is 99.0 Å². The van der Waals surface area contributed by atoms with E-state index >= 15 is 0 Å². The lowest BCUT2D eigenvalue weighted by atomic mass is 9.86. The number of carbonyl (C=O) groups excluding carboxylic acids is 1. The monoisotopic (exact) mass is 520 g/mol. The van der Waals surface area contributed by atoms with Crippen molar-refractivity contribution in [3.63, 3.8) is 0 Å². The summed E-state index contributed by atoms with van der Waals surface area (Å²) in [5.74, 6) is -0.203. The van der Waals surface area contributed by atoms with Gasteiger partial charge in [-0.1, -0.05) is 52.6 Å². The van der Waals surface area contributed by atoms with Crippen LogP contribution in [0.25, 0.3) is 0 Å². The van der Waals surface area contributed by atoms with Crippen molar-refractivity contribution in [3.8, 4) is 0 Å². The fraction of sp³-hybridized carbons (Fsp3) is 0.231. The Labute approximate surface area is 210 Å². The quantitative estimate of drug-likeness (QED) is 0.348. The van der Waals surface area contributed by atoms with Crippen LogP contribution >= 0.6 is 23.2 Å². The molecular weight excluding hydrogens is 500 g/mol. The average Bonchev–Trinajstić information content (AvgIpc) is 3.27. The number of aryl methyl sites for hydroxylation is 1. The van der Waals surface area contributed by atoms with Gasteiger partial charge in [-0.2, -0.15) is 13.2 Å². The Kier molecular flexibility index (Phi) is 6.84. The minimum Gasteiger partial charge on any atom is -0.374 e. The van der Waals surface area contributed by atoms with Gasteiger partial charge in [-0.15, -0.1) is 0 Å². The molecule has 1 aliphatic heterocycles. The number of para-hydroxylation sites is 1. The molecule has 1 atom stereocenters. The minimum absolute atomic E-state index is 0.0609. The van der Waals surface area contributed by atoms with Gasteiger partial charge in [-0.05, 0) is 67.4 Å². The predicted octanol–water partition coefficient (Wildman–Crippen LogP) is 7.55. The van der Waals surface area contributed by atoms with Crippen LogP contribution in [-0.2, 0) is 10.4 Å². The number of benzene rings is 3. The molecule has 0 saturated carbocycles. The van der Waals surface area contributed by atoms with Gasteiger partial charge in [0.2, 0.25) is 0 Å². The molecule has 0 aliphatic carbocycles. The lowest BCUT2D eigenvalue weighted by Gasteiger charge is -2.29. The molecule has 35 heavy (non-hydrogen) atoms. The lowest BCUT2D eigenvalue weighted by Crippen LogP contribution is -2.42. The number of hydrogen-bond acceptors (Lipinski definition) is 3. The molecule has 3 aromatic carbocycles. The molecule has 0 N–H and O–H groups in total. The average molecular weight is 521 g/mol. The van der Waals surface area contributed by atoms with Gasteiger partial charge >= 0.3 is 6.18 Å². The third kappa shape index (κ3) is 4.75. The third-order valence-corrected chi connectivity index (χ3v) is 6.37. The first-order chi connectivity index (χ1) is 16.6. The lowest BCUT2D eigenvalue weighted by molar-refractivity contribution is -0.275. The highest BCUT2D eigenvalue weighted by atomic mass is 35.5. The second-order valence-corrected chi connectivity index (χ2v) is 9.08. The van der Waals surface area contributed by atoms with Crippen LogP contribution in [0.3, 0.4) is 0 Å². The van der Waals surface area contributed by atoms with Crippen LogP contribution in [0.2, 0.25) is 10.0 Å². The van der Waals surface area contributed by atoms with Gasteiger partial charge in [-0.3, -0.25) is 4.79 Å². The van der Waals surface area contributed by atoms with E-state index < -0.39 is 18.2 Å². The smallest absolute Gasteiger partial charge is 0.374 e. The van der Waals surface area contributed by atoms with Crippen molar-refractivity contribution < 1.29 is 22.8 Å². The molecule has 0 fully saturated rings. The van der Waals surface area contributed by atoms with E-state index in [1.165, 1.54) is 18.2 Å². The molecule has 182 valence electrons. The van der Waals surface area contributed by atoms with Crippen molar-refractivity contribution in [2.45, 2.75) is 32.0 Å². The zero-order valence-electron chi connectivity index (χ0n) is 18.9. The molecule has 1 unspecified atom stereocenters. The Morgan fingerprint density at radius 2 is 1.71 bits per heavy atom. The molecule has 0 bridgehead atoms. The Morgan fingerprint density at radius 3 is 2.29 bits per heavy atom. The molecular formula is C26H21Cl2F3N2O2. The maximum absolute atomic E-state index is 14.3. The summed E-state index contributed by atoms with van der Waals surface area (Å²) in [7, 11) is 0. The molecule has 0 saturated heterocycles. The van der Waals surface area contributed by atoms with E-state index in [2.05, 4.69) is 5.16 Å². The van der Waals surface area contributed by atoms with Crippen molar-refractivity contribution in [1.82, 2.24) is 0 Å². The van der Waals surface area contributed by atoms with Crippen LogP contribution in [0, 0.1) is 6.92 Å². The summed E-state index contributed by atoms with van der Waals surface area (Å²) in [5, 5.41) is 3.91. The second-order valence-electron chi connectivity index (χ2n) is 8.20. The summed E-state index contributed by atoms with van der Waals surface area (Å²) >= 11 is 11.9. The SMILES string of the molecule is CCN(C(=O)c1ccc(C2=NOC(c3cc(Cl)cc(Cl)c3)(C(F)(F)F)C2)cc1C)c1ccccc1. The van der Waals surface area contributed by atoms with Gasteiger partial charge in [0.05, 0.1) is 5.71 Å². The number of amides is 1. The molecule has 9 heteroatoms. The molecule has 0 radical (unpaired) electrons. The van der Waals surface area contributed by atoms with Gasteiger partial charge in [0.1, 0.15) is 0 Å². The molecule has 4 rings (SSSR count). The van der Waals surface area contributed by atoms with Crippen LogP contribution in [-0.4, -0.2) is 24.3 Å². The number of alkyl halides is 3. The Morgan fingerprint density at radius 1 is 1.06 bits per heavy atom. The molecule has 0 aromatic heterocycles. The number of rotatable bonds is 5. The summed E-state index contributed by atoms with van der Waals surface area (Å²) < 4.78 is 42.8. The van der Waals surface area contributed by atoms with E-state index in [4.69, 9.17) is 28.0 Å². The van der Waals surface area contributed by atoms with Crippen LogP contribution < -0.4 is 4.90 Å². The topological polar surface area (TPSA) is 41.9 Å². The van der Waals surface area contributed by atoms with Gasteiger partial charge in [0, 0.05) is 39.8 Å². The van der Waals surface area contributed by atoms with Crippen LogP contribution in [0.5, 0.6) is 0 Å². The third-order valence-electron chi connectivity index (χ3n) is 5.93. The number of halogens is 5. The summed E-state index contributed by atoms with van der Waals surface area (Å²) in [6.07, 6.45) is -5.35. The number of nitrogens with zero attached hydrogens (tertiary/aromatic N) is 2. The Bertz CT molecular complexity index is 1280. The van der Waals surface area contributed by atoms with E-state index in [0.29, 0.717) is 23.2 Å². The first-order valence-electron chi connectivity index (χ1n) is 10.8. The number of hydrogen-bond donors (Lipinski definition) is 0. The van der Waals surface area contributed by atoms with Crippen molar-refractivity contribution in [1.29, 1.82) is 0 Å². The molecule has 4 nitrogen and oxygen atoms in total. The summed E-state index contributed by atoms with van der Waals surface area (Å²) in [6, 6.07) is 17.8.